The lowest BCUT2D eigenvalue weighted by atomic mass is 10.1. The van der Waals surface area contributed by atoms with Crippen LogP contribution in [0.2, 0.25) is 0 Å². The Morgan fingerprint density at radius 1 is 1.17 bits per heavy atom. The third kappa shape index (κ3) is 6.15. The molecule has 0 amide bonds. The van der Waals surface area contributed by atoms with Gasteiger partial charge in [0.25, 0.3) is 0 Å². The average molecular weight is 249 g/mol. The molecule has 0 radical (unpaired) electrons. The molecule has 1 rings (SSSR count). The van der Waals surface area contributed by atoms with E-state index in [1.165, 1.54) is 5.56 Å². The molecule has 18 heavy (non-hydrogen) atoms. The van der Waals surface area contributed by atoms with E-state index in [0.29, 0.717) is 18.6 Å². The Bertz CT molecular complexity index is 300. The molecule has 4 N–H and O–H groups in total. The van der Waals surface area contributed by atoms with E-state index < -0.39 is 0 Å². The van der Waals surface area contributed by atoms with Crippen LogP contribution in [-0.4, -0.2) is 31.7 Å². The van der Waals surface area contributed by atoms with Crippen LogP contribution < -0.4 is 16.4 Å². The van der Waals surface area contributed by atoms with Crippen LogP contribution in [0.1, 0.15) is 25.8 Å². The maximum Gasteiger partial charge on any atom is 0.0232 e. The van der Waals surface area contributed by atoms with E-state index >= 15 is 0 Å². The second-order valence-corrected chi connectivity index (χ2v) is 4.89. The van der Waals surface area contributed by atoms with Gasteiger partial charge in [0, 0.05) is 25.2 Å². The first kappa shape index (κ1) is 15.2. The first-order valence-electron chi connectivity index (χ1n) is 6.97. The average Bonchev–Trinajstić information content (AvgIpc) is 2.42. The van der Waals surface area contributed by atoms with E-state index in [1.807, 2.05) is 0 Å². The van der Waals surface area contributed by atoms with E-state index in [0.717, 1.165) is 25.9 Å². The van der Waals surface area contributed by atoms with Crippen LogP contribution in [0.4, 0.5) is 0 Å². The highest BCUT2D eigenvalue weighted by molar-refractivity contribution is 5.16. The van der Waals surface area contributed by atoms with Gasteiger partial charge >= 0.3 is 0 Å². The van der Waals surface area contributed by atoms with Crippen molar-refractivity contribution in [3.8, 4) is 0 Å². The SMILES string of the molecule is CCCN[C@H](CN[C@@H](C)CN)Cc1ccccc1. The van der Waals surface area contributed by atoms with Crippen LogP contribution in [0.25, 0.3) is 0 Å². The molecule has 3 nitrogen and oxygen atoms in total. The van der Waals surface area contributed by atoms with Crippen molar-refractivity contribution in [2.75, 3.05) is 19.6 Å². The minimum absolute atomic E-state index is 0.381. The van der Waals surface area contributed by atoms with Crippen LogP contribution in [0.15, 0.2) is 30.3 Å². The maximum atomic E-state index is 5.63. The van der Waals surface area contributed by atoms with Crippen molar-refractivity contribution in [2.45, 2.75) is 38.8 Å². The van der Waals surface area contributed by atoms with Crippen LogP contribution in [-0.2, 0) is 6.42 Å². The van der Waals surface area contributed by atoms with E-state index in [1.54, 1.807) is 0 Å². The Kier molecular flexibility index (Phi) is 7.65. The summed E-state index contributed by atoms with van der Waals surface area (Å²) in [4.78, 5) is 0. The number of benzene rings is 1. The summed E-state index contributed by atoms with van der Waals surface area (Å²) in [6.07, 6.45) is 2.23. The number of nitrogens with two attached hydrogens (primary N) is 1. The lowest BCUT2D eigenvalue weighted by molar-refractivity contribution is 0.441. The molecule has 0 fully saturated rings. The van der Waals surface area contributed by atoms with Crippen LogP contribution >= 0.6 is 0 Å². The number of hydrogen-bond acceptors (Lipinski definition) is 3. The predicted molar refractivity (Wildman–Crippen MR) is 78.7 cm³/mol. The Hall–Kier alpha value is -0.900. The minimum Gasteiger partial charge on any atom is -0.329 e. The minimum atomic E-state index is 0.381. The van der Waals surface area contributed by atoms with Gasteiger partial charge < -0.3 is 16.4 Å². The monoisotopic (exact) mass is 249 g/mol. The van der Waals surface area contributed by atoms with Gasteiger partial charge in [-0.2, -0.15) is 0 Å². The van der Waals surface area contributed by atoms with Crippen molar-refractivity contribution in [1.29, 1.82) is 0 Å². The van der Waals surface area contributed by atoms with Crippen molar-refractivity contribution >= 4 is 0 Å². The summed E-state index contributed by atoms with van der Waals surface area (Å²) in [5.41, 5.74) is 7.01. The van der Waals surface area contributed by atoms with Crippen molar-refractivity contribution in [2.24, 2.45) is 5.73 Å². The van der Waals surface area contributed by atoms with E-state index in [2.05, 4.69) is 54.8 Å². The number of nitrogens with one attached hydrogen (secondary N) is 2. The largest absolute Gasteiger partial charge is 0.329 e. The van der Waals surface area contributed by atoms with Gasteiger partial charge in [0.15, 0.2) is 0 Å². The maximum absolute atomic E-state index is 5.63. The van der Waals surface area contributed by atoms with Gasteiger partial charge in [0.1, 0.15) is 0 Å². The van der Waals surface area contributed by atoms with Gasteiger partial charge in [-0.1, -0.05) is 37.3 Å². The fourth-order valence-corrected chi connectivity index (χ4v) is 1.89. The molecule has 0 aromatic heterocycles. The second-order valence-electron chi connectivity index (χ2n) is 4.89. The Morgan fingerprint density at radius 3 is 2.50 bits per heavy atom. The van der Waals surface area contributed by atoms with Gasteiger partial charge in [-0.3, -0.25) is 0 Å². The number of rotatable bonds is 9. The van der Waals surface area contributed by atoms with Gasteiger partial charge in [-0.15, -0.1) is 0 Å². The van der Waals surface area contributed by atoms with Gasteiger partial charge in [0.2, 0.25) is 0 Å². The summed E-state index contributed by atoms with van der Waals surface area (Å²) in [7, 11) is 0. The van der Waals surface area contributed by atoms with Crippen molar-refractivity contribution in [1.82, 2.24) is 10.6 Å². The summed E-state index contributed by atoms with van der Waals surface area (Å²) >= 11 is 0. The fourth-order valence-electron chi connectivity index (χ4n) is 1.89. The summed E-state index contributed by atoms with van der Waals surface area (Å²) in [5.74, 6) is 0. The molecule has 0 aliphatic heterocycles. The summed E-state index contributed by atoms with van der Waals surface area (Å²) in [6.45, 7) is 7.04. The molecule has 2 atom stereocenters. The van der Waals surface area contributed by atoms with E-state index in [-0.39, 0.29) is 0 Å². The molecule has 0 bridgehead atoms. The lowest BCUT2D eigenvalue weighted by Crippen LogP contribution is -2.45. The fraction of sp³-hybridized carbons (Fsp3) is 0.600. The van der Waals surface area contributed by atoms with Gasteiger partial charge in [-0.05, 0) is 31.9 Å². The van der Waals surface area contributed by atoms with Crippen LogP contribution in [0, 0.1) is 0 Å². The quantitative estimate of drug-likeness (QED) is 0.622. The number of hydrogen-bond donors (Lipinski definition) is 3. The smallest absolute Gasteiger partial charge is 0.0232 e. The standard InChI is InChI=1S/C15H27N3/c1-3-9-17-15(12-18-13(2)11-16)10-14-7-5-4-6-8-14/h4-8,13,15,17-18H,3,9-12,16H2,1-2H3/t13-,15-/m0/s1. The van der Waals surface area contributed by atoms with Crippen molar-refractivity contribution in [3.63, 3.8) is 0 Å². The van der Waals surface area contributed by atoms with E-state index in [9.17, 15) is 0 Å². The Balaban J connectivity index is 2.44. The molecule has 3 heteroatoms. The predicted octanol–water partition coefficient (Wildman–Crippen LogP) is 1.53. The van der Waals surface area contributed by atoms with Crippen molar-refractivity contribution < 1.29 is 0 Å². The molecule has 0 saturated carbocycles. The molecular formula is C15H27N3. The molecule has 0 heterocycles. The highest BCUT2D eigenvalue weighted by Gasteiger charge is 2.09. The molecular weight excluding hydrogens is 222 g/mol. The van der Waals surface area contributed by atoms with Gasteiger partial charge in [0.05, 0.1) is 0 Å². The first-order valence-corrected chi connectivity index (χ1v) is 6.97. The van der Waals surface area contributed by atoms with Crippen LogP contribution in [0.3, 0.4) is 0 Å². The Labute approximate surface area is 111 Å². The molecule has 0 spiro atoms. The van der Waals surface area contributed by atoms with Crippen molar-refractivity contribution in [3.05, 3.63) is 35.9 Å². The third-order valence-corrected chi connectivity index (χ3v) is 3.07. The molecule has 1 aromatic carbocycles. The summed E-state index contributed by atoms with van der Waals surface area (Å²) in [5, 5.41) is 7.07. The third-order valence-electron chi connectivity index (χ3n) is 3.07. The molecule has 0 aliphatic carbocycles. The first-order chi connectivity index (χ1) is 8.76. The lowest BCUT2D eigenvalue weighted by Gasteiger charge is -2.21. The Morgan fingerprint density at radius 2 is 1.89 bits per heavy atom. The topological polar surface area (TPSA) is 50.1 Å². The zero-order valence-corrected chi connectivity index (χ0v) is 11.7. The second kappa shape index (κ2) is 9.09. The molecule has 0 saturated heterocycles. The summed E-state index contributed by atoms with van der Waals surface area (Å²) in [6, 6.07) is 11.5. The molecule has 102 valence electrons. The summed E-state index contributed by atoms with van der Waals surface area (Å²) < 4.78 is 0. The van der Waals surface area contributed by atoms with Crippen LogP contribution in [0.5, 0.6) is 0 Å². The zero-order valence-electron chi connectivity index (χ0n) is 11.7. The zero-order chi connectivity index (χ0) is 13.2. The highest BCUT2D eigenvalue weighted by atomic mass is 15.0. The molecule has 1 aromatic rings. The highest BCUT2D eigenvalue weighted by Crippen LogP contribution is 2.03. The van der Waals surface area contributed by atoms with E-state index in [4.69, 9.17) is 5.73 Å². The molecule has 0 unspecified atom stereocenters. The molecule has 0 aliphatic rings. The normalized spacial score (nSPS) is 14.4. The van der Waals surface area contributed by atoms with Gasteiger partial charge in [-0.25, -0.2) is 0 Å².